The maximum Gasteiger partial charge on any atom is 0.123 e. The summed E-state index contributed by atoms with van der Waals surface area (Å²) in [6.45, 7) is 5.46. The summed E-state index contributed by atoms with van der Waals surface area (Å²) in [7, 11) is 0. The van der Waals surface area contributed by atoms with Crippen LogP contribution in [0.2, 0.25) is 0 Å². The summed E-state index contributed by atoms with van der Waals surface area (Å²) < 4.78 is 12.9. The van der Waals surface area contributed by atoms with Gasteiger partial charge < -0.3 is 5.11 Å². The number of rotatable bonds is 2. The van der Waals surface area contributed by atoms with E-state index in [-0.39, 0.29) is 5.82 Å². The van der Waals surface area contributed by atoms with Crippen molar-refractivity contribution in [1.29, 1.82) is 0 Å². The minimum Gasteiger partial charge on any atom is -0.385 e. The van der Waals surface area contributed by atoms with E-state index >= 15 is 0 Å². The molecule has 72 valence electrons. The SMILES string of the molecule is CC[C@](C)(O)c1cc(F)ccc1C. The molecule has 1 aromatic carbocycles. The fourth-order valence-corrected chi connectivity index (χ4v) is 1.36. The van der Waals surface area contributed by atoms with Crippen LogP contribution in [0.15, 0.2) is 18.2 Å². The van der Waals surface area contributed by atoms with Crippen molar-refractivity contribution in [3.63, 3.8) is 0 Å². The van der Waals surface area contributed by atoms with Gasteiger partial charge >= 0.3 is 0 Å². The third-order valence-corrected chi connectivity index (χ3v) is 2.47. The monoisotopic (exact) mass is 182 g/mol. The molecule has 0 aromatic heterocycles. The van der Waals surface area contributed by atoms with Gasteiger partial charge in [-0.25, -0.2) is 4.39 Å². The van der Waals surface area contributed by atoms with E-state index in [1.165, 1.54) is 12.1 Å². The minimum absolute atomic E-state index is 0.297. The quantitative estimate of drug-likeness (QED) is 0.745. The van der Waals surface area contributed by atoms with Crippen LogP contribution >= 0.6 is 0 Å². The fraction of sp³-hybridized carbons (Fsp3) is 0.455. The first-order valence-electron chi connectivity index (χ1n) is 4.46. The van der Waals surface area contributed by atoms with Crippen LogP contribution in [0, 0.1) is 12.7 Å². The molecule has 1 aromatic rings. The smallest absolute Gasteiger partial charge is 0.123 e. The van der Waals surface area contributed by atoms with E-state index in [4.69, 9.17) is 0 Å². The van der Waals surface area contributed by atoms with E-state index in [2.05, 4.69) is 0 Å². The van der Waals surface area contributed by atoms with Crippen LogP contribution in [-0.2, 0) is 5.60 Å². The maximum absolute atomic E-state index is 12.9. The third kappa shape index (κ3) is 2.07. The number of hydrogen-bond donors (Lipinski definition) is 1. The second-order valence-corrected chi connectivity index (χ2v) is 3.59. The van der Waals surface area contributed by atoms with Gasteiger partial charge in [-0.2, -0.15) is 0 Å². The standard InChI is InChI=1S/C11H15FO/c1-4-11(3,13)10-7-9(12)6-5-8(10)2/h5-7,13H,4H2,1-3H3/t11-/m0/s1. The van der Waals surface area contributed by atoms with E-state index in [9.17, 15) is 9.50 Å². The summed E-state index contributed by atoms with van der Waals surface area (Å²) in [4.78, 5) is 0. The summed E-state index contributed by atoms with van der Waals surface area (Å²) in [5.41, 5.74) is 0.676. The zero-order valence-corrected chi connectivity index (χ0v) is 8.26. The van der Waals surface area contributed by atoms with Crippen LogP contribution < -0.4 is 0 Å². The molecule has 0 spiro atoms. The first kappa shape index (κ1) is 10.2. The highest BCUT2D eigenvalue weighted by molar-refractivity contribution is 5.31. The van der Waals surface area contributed by atoms with E-state index in [1.54, 1.807) is 13.0 Å². The third-order valence-electron chi connectivity index (χ3n) is 2.47. The Hall–Kier alpha value is -0.890. The number of hydrogen-bond acceptors (Lipinski definition) is 1. The van der Waals surface area contributed by atoms with Crippen LogP contribution in [-0.4, -0.2) is 5.11 Å². The van der Waals surface area contributed by atoms with Gasteiger partial charge in [-0.3, -0.25) is 0 Å². The van der Waals surface area contributed by atoms with E-state index < -0.39 is 5.60 Å². The van der Waals surface area contributed by atoms with Crippen LogP contribution in [0.5, 0.6) is 0 Å². The summed E-state index contributed by atoms with van der Waals surface area (Å²) in [5, 5.41) is 9.93. The van der Waals surface area contributed by atoms with Gasteiger partial charge in [-0.05, 0) is 43.5 Å². The lowest BCUT2D eigenvalue weighted by Gasteiger charge is -2.23. The predicted molar refractivity (Wildman–Crippen MR) is 51.0 cm³/mol. The van der Waals surface area contributed by atoms with Crippen molar-refractivity contribution in [2.75, 3.05) is 0 Å². The lowest BCUT2D eigenvalue weighted by Crippen LogP contribution is -2.21. The summed E-state index contributed by atoms with van der Waals surface area (Å²) >= 11 is 0. The molecule has 0 saturated heterocycles. The molecule has 0 amide bonds. The molecule has 1 nitrogen and oxygen atoms in total. The normalized spacial score (nSPS) is 15.5. The van der Waals surface area contributed by atoms with Crippen LogP contribution in [0.4, 0.5) is 4.39 Å². The Morgan fingerprint density at radius 2 is 2.08 bits per heavy atom. The highest BCUT2D eigenvalue weighted by atomic mass is 19.1. The molecule has 0 fully saturated rings. The molecule has 1 N–H and O–H groups in total. The highest BCUT2D eigenvalue weighted by Gasteiger charge is 2.22. The number of benzene rings is 1. The topological polar surface area (TPSA) is 20.2 Å². The molecule has 0 heterocycles. The van der Waals surface area contributed by atoms with Gasteiger partial charge in [0.25, 0.3) is 0 Å². The molecule has 0 aliphatic heterocycles. The molecular formula is C11H15FO. The summed E-state index contributed by atoms with van der Waals surface area (Å²) in [6, 6.07) is 4.50. The molecule has 0 saturated carbocycles. The fourth-order valence-electron chi connectivity index (χ4n) is 1.36. The molecule has 2 heteroatoms. The Morgan fingerprint density at radius 3 is 2.62 bits per heavy atom. The largest absolute Gasteiger partial charge is 0.385 e. The summed E-state index contributed by atoms with van der Waals surface area (Å²) in [5.74, 6) is -0.297. The van der Waals surface area contributed by atoms with Gasteiger partial charge in [0.1, 0.15) is 5.82 Å². The molecule has 1 rings (SSSR count). The van der Waals surface area contributed by atoms with E-state index in [0.29, 0.717) is 12.0 Å². The first-order valence-corrected chi connectivity index (χ1v) is 4.46. The summed E-state index contributed by atoms with van der Waals surface area (Å²) in [6.07, 6.45) is 0.581. The zero-order valence-electron chi connectivity index (χ0n) is 8.26. The van der Waals surface area contributed by atoms with Crippen molar-refractivity contribution in [1.82, 2.24) is 0 Å². The molecule has 0 radical (unpaired) electrons. The highest BCUT2D eigenvalue weighted by Crippen LogP contribution is 2.27. The van der Waals surface area contributed by atoms with Crippen LogP contribution in [0.1, 0.15) is 31.4 Å². The van der Waals surface area contributed by atoms with Crippen molar-refractivity contribution in [3.8, 4) is 0 Å². The average molecular weight is 182 g/mol. The number of aryl methyl sites for hydroxylation is 1. The first-order chi connectivity index (χ1) is 5.97. The molecule has 0 unspecified atom stereocenters. The lowest BCUT2D eigenvalue weighted by atomic mass is 9.90. The molecule has 0 aliphatic carbocycles. The molecule has 0 bridgehead atoms. The van der Waals surface area contributed by atoms with Crippen molar-refractivity contribution in [2.24, 2.45) is 0 Å². The average Bonchev–Trinajstić information content (AvgIpc) is 2.09. The van der Waals surface area contributed by atoms with Gasteiger partial charge in [0.2, 0.25) is 0 Å². The number of halogens is 1. The van der Waals surface area contributed by atoms with Gasteiger partial charge in [-0.15, -0.1) is 0 Å². The molecular weight excluding hydrogens is 167 g/mol. The van der Waals surface area contributed by atoms with E-state index in [0.717, 1.165) is 5.56 Å². The van der Waals surface area contributed by atoms with Gasteiger partial charge in [0.15, 0.2) is 0 Å². The second-order valence-electron chi connectivity index (χ2n) is 3.59. The van der Waals surface area contributed by atoms with Crippen molar-refractivity contribution >= 4 is 0 Å². The van der Waals surface area contributed by atoms with Crippen LogP contribution in [0.25, 0.3) is 0 Å². The molecule has 13 heavy (non-hydrogen) atoms. The number of aliphatic hydroxyl groups is 1. The Kier molecular flexibility index (Phi) is 2.71. The van der Waals surface area contributed by atoms with Gasteiger partial charge in [0, 0.05) is 0 Å². The Balaban J connectivity index is 3.20. The predicted octanol–water partition coefficient (Wildman–Crippen LogP) is 2.75. The van der Waals surface area contributed by atoms with E-state index in [1.807, 2.05) is 13.8 Å². The Morgan fingerprint density at radius 1 is 1.46 bits per heavy atom. The van der Waals surface area contributed by atoms with Crippen LogP contribution in [0.3, 0.4) is 0 Å². The van der Waals surface area contributed by atoms with Gasteiger partial charge in [-0.1, -0.05) is 13.0 Å². The molecule has 1 atom stereocenters. The molecule has 0 aliphatic rings. The zero-order chi connectivity index (χ0) is 10.1. The minimum atomic E-state index is -0.924. The Labute approximate surface area is 78.2 Å². The maximum atomic E-state index is 12.9. The lowest BCUT2D eigenvalue weighted by molar-refractivity contribution is 0.0521. The van der Waals surface area contributed by atoms with Crippen molar-refractivity contribution in [3.05, 3.63) is 35.1 Å². The Bertz CT molecular complexity index is 305. The van der Waals surface area contributed by atoms with Crippen molar-refractivity contribution in [2.45, 2.75) is 32.8 Å². The van der Waals surface area contributed by atoms with Gasteiger partial charge in [0.05, 0.1) is 5.60 Å². The van der Waals surface area contributed by atoms with Crippen molar-refractivity contribution < 1.29 is 9.50 Å². The second kappa shape index (κ2) is 3.46.